The van der Waals surface area contributed by atoms with Crippen LogP contribution in [-0.2, 0) is 4.79 Å². The third-order valence-corrected chi connectivity index (χ3v) is 2.94. The van der Waals surface area contributed by atoms with Crippen molar-refractivity contribution in [2.75, 3.05) is 26.2 Å². The van der Waals surface area contributed by atoms with E-state index in [1.165, 1.54) is 4.90 Å². The molecule has 0 bridgehead atoms. The SMILES string of the molecule is CCCN(CC(F)(F)F)C(=O)N1CCC(C(=O)O)C1. The van der Waals surface area contributed by atoms with E-state index in [1.54, 1.807) is 6.92 Å². The fraction of sp³-hybridized carbons (Fsp3) is 0.818. The first-order valence-corrected chi connectivity index (χ1v) is 6.08. The summed E-state index contributed by atoms with van der Waals surface area (Å²) in [7, 11) is 0. The van der Waals surface area contributed by atoms with Crippen LogP contribution in [0.15, 0.2) is 0 Å². The van der Waals surface area contributed by atoms with Crippen LogP contribution in [0.3, 0.4) is 0 Å². The van der Waals surface area contributed by atoms with E-state index in [9.17, 15) is 22.8 Å². The lowest BCUT2D eigenvalue weighted by molar-refractivity contribution is -0.142. The number of halogens is 3. The molecule has 0 aromatic carbocycles. The minimum atomic E-state index is -4.45. The number of hydrogen-bond donors (Lipinski definition) is 1. The van der Waals surface area contributed by atoms with E-state index in [0.29, 0.717) is 6.42 Å². The molecule has 0 aromatic rings. The van der Waals surface area contributed by atoms with Gasteiger partial charge in [-0.15, -0.1) is 0 Å². The lowest BCUT2D eigenvalue weighted by Gasteiger charge is -2.28. The summed E-state index contributed by atoms with van der Waals surface area (Å²) >= 11 is 0. The van der Waals surface area contributed by atoms with E-state index in [4.69, 9.17) is 5.11 Å². The zero-order valence-electron chi connectivity index (χ0n) is 10.6. The Morgan fingerprint density at radius 2 is 2.05 bits per heavy atom. The molecule has 1 saturated heterocycles. The van der Waals surface area contributed by atoms with Crippen molar-refractivity contribution in [3.05, 3.63) is 0 Å². The zero-order valence-corrected chi connectivity index (χ0v) is 10.6. The fourth-order valence-corrected chi connectivity index (χ4v) is 2.06. The fourth-order valence-electron chi connectivity index (χ4n) is 2.06. The molecule has 0 aliphatic carbocycles. The number of rotatable bonds is 4. The van der Waals surface area contributed by atoms with Gasteiger partial charge in [0.2, 0.25) is 0 Å². The van der Waals surface area contributed by atoms with Gasteiger partial charge in [0.1, 0.15) is 6.54 Å². The van der Waals surface area contributed by atoms with Crippen LogP contribution in [-0.4, -0.2) is 59.3 Å². The van der Waals surface area contributed by atoms with Gasteiger partial charge in [-0.2, -0.15) is 13.2 Å². The number of carboxylic acid groups (broad SMARTS) is 1. The molecule has 2 amide bonds. The number of alkyl halides is 3. The van der Waals surface area contributed by atoms with Gasteiger partial charge in [-0.3, -0.25) is 4.79 Å². The van der Waals surface area contributed by atoms with Crippen molar-refractivity contribution in [3.63, 3.8) is 0 Å². The molecular formula is C11H17F3N2O3. The van der Waals surface area contributed by atoms with Crippen LogP contribution in [0.2, 0.25) is 0 Å². The predicted molar refractivity (Wildman–Crippen MR) is 60.6 cm³/mol. The molecule has 0 radical (unpaired) electrons. The molecule has 0 spiro atoms. The topological polar surface area (TPSA) is 60.9 Å². The van der Waals surface area contributed by atoms with Crippen LogP contribution in [0.25, 0.3) is 0 Å². The average molecular weight is 282 g/mol. The van der Waals surface area contributed by atoms with Crippen molar-refractivity contribution in [2.45, 2.75) is 25.9 Å². The number of aliphatic carboxylic acids is 1. The van der Waals surface area contributed by atoms with Crippen molar-refractivity contribution in [3.8, 4) is 0 Å². The highest BCUT2D eigenvalue weighted by Crippen LogP contribution is 2.21. The smallest absolute Gasteiger partial charge is 0.406 e. The molecule has 1 rings (SSSR count). The molecule has 1 aliphatic heterocycles. The lowest BCUT2D eigenvalue weighted by atomic mass is 10.1. The number of carbonyl (C=O) groups is 2. The number of urea groups is 1. The third-order valence-electron chi connectivity index (χ3n) is 2.94. The Kier molecular flexibility index (Phi) is 5.02. The number of amides is 2. The van der Waals surface area contributed by atoms with Gasteiger partial charge in [0.05, 0.1) is 5.92 Å². The van der Waals surface area contributed by atoms with Crippen LogP contribution in [0.1, 0.15) is 19.8 Å². The maximum Gasteiger partial charge on any atom is 0.406 e. The molecule has 1 N–H and O–H groups in total. The molecule has 1 unspecified atom stereocenters. The second-order valence-corrected chi connectivity index (χ2v) is 4.59. The third kappa shape index (κ3) is 4.60. The monoisotopic (exact) mass is 282 g/mol. The summed E-state index contributed by atoms with van der Waals surface area (Å²) in [6, 6.07) is -0.733. The van der Waals surface area contributed by atoms with Gasteiger partial charge in [-0.05, 0) is 12.8 Å². The van der Waals surface area contributed by atoms with E-state index >= 15 is 0 Å². The Morgan fingerprint density at radius 3 is 2.47 bits per heavy atom. The highest BCUT2D eigenvalue weighted by Gasteiger charge is 2.37. The second kappa shape index (κ2) is 6.12. The standard InChI is InChI=1S/C11H17F3N2O3/c1-2-4-16(7-11(12,13)14)10(19)15-5-3-8(6-15)9(17)18/h8H,2-7H2,1H3,(H,17,18). The van der Waals surface area contributed by atoms with E-state index < -0.39 is 30.6 Å². The van der Waals surface area contributed by atoms with Gasteiger partial charge >= 0.3 is 18.2 Å². The van der Waals surface area contributed by atoms with Crippen LogP contribution in [0, 0.1) is 5.92 Å². The Bertz CT molecular complexity index is 347. The maximum absolute atomic E-state index is 12.4. The quantitative estimate of drug-likeness (QED) is 0.855. The summed E-state index contributed by atoms with van der Waals surface area (Å²) in [5.74, 6) is -1.70. The lowest BCUT2D eigenvalue weighted by Crippen LogP contribution is -2.46. The molecule has 1 fully saturated rings. The van der Waals surface area contributed by atoms with Gasteiger partial charge in [0.25, 0.3) is 0 Å². The first kappa shape index (κ1) is 15.6. The van der Waals surface area contributed by atoms with Crippen molar-refractivity contribution >= 4 is 12.0 Å². The van der Waals surface area contributed by atoms with E-state index in [1.807, 2.05) is 0 Å². The normalized spacial score (nSPS) is 19.6. The van der Waals surface area contributed by atoms with Crippen molar-refractivity contribution in [2.24, 2.45) is 5.92 Å². The van der Waals surface area contributed by atoms with Crippen LogP contribution in [0.5, 0.6) is 0 Å². The highest BCUT2D eigenvalue weighted by atomic mass is 19.4. The van der Waals surface area contributed by atoms with Gasteiger partial charge in [0, 0.05) is 19.6 Å². The van der Waals surface area contributed by atoms with Crippen molar-refractivity contribution in [1.82, 2.24) is 9.80 Å². The Morgan fingerprint density at radius 1 is 1.42 bits per heavy atom. The Labute approximate surface area is 109 Å². The summed E-state index contributed by atoms with van der Waals surface area (Å²) in [6.07, 6.45) is -3.75. The highest BCUT2D eigenvalue weighted by molar-refractivity contribution is 5.77. The molecule has 1 aliphatic rings. The first-order chi connectivity index (χ1) is 8.74. The number of carbonyl (C=O) groups excluding carboxylic acids is 1. The molecule has 1 heterocycles. The molecule has 0 aromatic heterocycles. The molecule has 5 nitrogen and oxygen atoms in total. The maximum atomic E-state index is 12.4. The van der Waals surface area contributed by atoms with E-state index in [2.05, 4.69) is 0 Å². The summed E-state index contributed by atoms with van der Waals surface area (Å²) in [6.45, 7) is 0.557. The minimum Gasteiger partial charge on any atom is -0.481 e. The van der Waals surface area contributed by atoms with Gasteiger partial charge in [0.15, 0.2) is 0 Å². The zero-order chi connectivity index (χ0) is 14.6. The first-order valence-electron chi connectivity index (χ1n) is 6.08. The van der Waals surface area contributed by atoms with Gasteiger partial charge in [-0.1, -0.05) is 6.92 Å². The largest absolute Gasteiger partial charge is 0.481 e. The van der Waals surface area contributed by atoms with Crippen molar-refractivity contribution < 1.29 is 27.9 Å². The van der Waals surface area contributed by atoms with E-state index in [0.717, 1.165) is 4.90 Å². The molecule has 110 valence electrons. The molecule has 8 heteroatoms. The number of carboxylic acids is 1. The molecule has 19 heavy (non-hydrogen) atoms. The van der Waals surface area contributed by atoms with E-state index in [-0.39, 0.29) is 26.1 Å². The minimum absolute atomic E-state index is 0.00653. The predicted octanol–water partition coefficient (Wildman–Crippen LogP) is 1.79. The summed E-state index contributed by atoms with van der Waals surface area (Å²) in [5.41, 5.74) is 0. The Hall–Kier alpha value is -1.47. The van der Waals surface area contributed by atoms with Crippen LogP contribution >= 0.6 is 0 Å². The molecular weight excluding hydrogens is 265 g/mol. The average Bonchev–Trinajstić information content (AvgIpc) is 2.75. The van der Waals surface area contributed by atoms with Crippen LogP contribution in [0.4, 0.5) is 18.0 Å². The molecule has 0 saturated carbocycles. The van der Waals surface area contributed by atoms with Crippen molar-refractivity contribution in [1.29, 1.82) is 0 Å². The number of likely N-dealkylation sites (tertiary alicyclic amines) is 1. The summed E-state index contributed by atoms with van der Waals surface area (Å²) < 4.78 is 37.1. The van der Waals surface area contributed by atoms with Gasteiger partial charge in [-0.25, -0.2) is 4.79 Å². The summed E-state index contributed by atoms with van der Waals surface area (Å²) in [5, 5.41) is 8.81. The Balaban J connectivity index is 2.65. The van der Waals surface area contributed by atoms with Gasteiger partial charge < -0.3 is 14.9 Å². The number of nitrogens with zero attached hydrogens (tertiary/aromatic N) is 2. The molecule has 1 atom stereocenters. The number of hydrogen-bond acceptors (Lipinski definition) is 2. The second-order valence-electron chi connectivity index (χ2n) is 4.59. The summed E-state index contributed by atoms with van der Waals surface area (Å²) in [4.78, 5) is 24.6. The van der Waals surface area contributed by atoms with Crippen LogP contribution < -0.4 is 0 Å².